The lowest BCUT2D eigenvalue weighted by Crippen LogP contribution is -2.51. The van der Waals surface area contributed by atoms with Crippen molar-refractivity contribution in [3.63, 3.8) is 0 Å². The van der Waals surface area contributed by atoms with Crippen molar-refractivity contribution in [1.82, 2.24) is 0 Å². The second-order valence-corrected chi connectivity index (χ2v) is 5.44. The average molecular weight is 274 g/mol. The van der Waals surface area contributed by atoms with Crippen molar-refractivity contribution >= 4 is 5.97 Å². The van der Waals surface area contributed by atoms with E-state index in [1.54, 1.807) is 6.08 Å². The van der Waals surface area contributed by atoms with Crippen LogP contribution in [0.25, 0.3) is 0 Å². The number of ether oxygens (including phenoxy) is 1. The fourth-order valence-corrected chi connectivity index (χ4v) is 3.08. The molecule has 1 aliphatic carbocycles. The van der Waals surface area contributed by atoms with E-state index >= 15 is 0 Å². The lowest BCUT2D eigenvalue weighted by molar-refractivity contribution is -0.162. The molecule has 0 saturated heterocycles. The Labute approximate surface area is 120 Å². The molecule has 1 atom stereocenters. The van der Waals surface area contributed by atoms with Gasteiger partial charge in [-0.3, -0.25) is 0 Å². The first-order chi connectivity index (χ1) is 9.69. The van der Waals surface area contributed by atoms with Crippen molar-refractivity contribution in [3.8, 4) is 5.75 Å². The molecule has 0 radical (unpaired) electrons. The van der Waals surface area contributed by atoms with Crippen molar-refractivity contribution in [3.05, 3.63) is 43.0 Å². The van der Waals surface area contributed by atoms with Gasteiger partial charge in [0.25, 0.3) is 0 Å². The minimum atomic E-state index is -1.18. The molecule has 20 heavy (non-hydrogen) atoms. The molecule has 1 aliphatic rings. The van der Waals surface area contributed by atoms with Crippen LogP contribution in [0, 0.1) is 5.92 Å². The molecule has 0 heterocycles. The maximum absolute atomic E-state index is 11.9. The summed E-state index contributed by atoms with van der Waals surface area (Å²) in [6.07, 6.45) is 7.16. The Hall–Kier alpha value is -1.77. The Balaban J connectivity index is 2.30. The Kier molecular flexibility index (Phi) is 4.83. The number of aliphatic carboxylic acids is 1. The van der Waals surface area contributed by atoms with Gasteiger partial charge in [-0.05, 0) is 25.0 Å². The summed E-state index contributed by atoms with van der Waals surface area (Å²) in [4.78, 5) is 11.9. The molecule has 0 aliphatic heterocycles. The molecule has 0 bridgehead atoms. The SMILES string of the molecule is C=CCC(Oc1ccccc1)(C(=O)O)C1CCCCC1. The van der Waals surface area contributed by atoms with Gasteiger partial charge in [-0.1, -0.05) is 43.5 Å². The average Bonchev–Trinajstić information content (AvgIpc) is 2.48. The molecule has 2 rings (SSSR count). The van der Waals surface area contributed by atoms with E-state index in [0.29, 0.717) is 12.2 Å². The number of carboxylic acid groups (broad SMARTS) is 1. The van der Waals surface area contributed by atoms with Crippen LogP contribution in [0.3, 0.4) is 0 Å². The van der Waals surface area contributed by atoms with E-state index in [-0.39, 0.29) is 5.92 Å². The normalized spacial score (nSPS) is 19.0. The first-order valence-corrected chi connectivity index (χ1v) is 7.27. The van der Waals surface area contributed by atoms with Gasteiger partial charge in [0.05, 0.1) is 0 Å². The molecule has 1 fully saturated rings. The number of hydrogen-bond donors (Lipinski definition) is 1. The fourth-order valence-electron chi connectivity index (χ4n) is 3.08. The first-order valence-electron chi connectivity index (χ1n) is 7.27. The maximum Gasteiger partial charge on any atom is 0.348 e. The zero-order chi connectivity index (χ0) is 14.4. The molecule has 0 spiro atoms. The van der Waals surface area contributed by atoms with E-state index in [1.807, 2.05) is 30.3 Å². The Bertz CT molecular complexity index is 449. The summed E-state index contributed by atoms with van der Waals surface area (Å²) < 4.78 is 5.97. The third-order valence-electron chi connectivity index (χ3n) is 4.12. The van der Waals surface area contributed by atoms with Gasteiger partial charge in [0, 0.05) is 12.3 Å². The molecule has 108 valence electrons. The highest BCUT2D eigenvalue weighted by Gasteiger charge is 2.47. The van der Waals surface area contributed by atoms with Crippen LogP contribution >= 0.6 is 0 Å². The Morgan fingerprint density at radius 2 is 1.95 bits per heavy atom. The highest BCUT2D eigenvalue weighted by Crippen LogP contribution is 2.38. The standard InChI is InChI=1S/C17H22O3/c1-2-13-17(16(18)19,14-9-5-3-6-10-14)20-15-11-7-4-8-12-15/h2,4,7-8,11-12,14H,1,3,5-6,9-10,13H2,(H,18,19). The summed E-state index contributed by atoms with van der Waals surface area (Å²) in [5, 5.41) is 9.80. The van der Waals surface area contributed by atoms with E-state index < -0.39 is 11.6 Å². The number of rotatable bonds is 6. The van der Waals surface area contributed by atoms with Crippen LogP contribution in [-0.4, -0.2) is 16.7 Å². The van der Waals surface area contributed by atoms with Gasteiger partial charge in [-0.25, -0.2) is 4.79 Å². The van der Waals surface area contributed by atoms with Crippen molar-refractivity contribution in [1.29, 1.82) is 0 Å². The summed E-state index contributed by atoms with van der Waals surface area (Å²) >= 11 is 0. The number of hydrogen-bond acceptors (Lipinski definition) is 2. The zero-order valence-electron chi connectivity index (χ0n) is 11.8. The van der Waals surface area contributed by atoms with Gasteiger partial charge in [-0.15, -0.1) is 6.58 Å². The second kappa shape index (κ2) is 6.60. The predicted octanol–water partition coefficient (Wildman–Crippen LogP) is 4.05. The van der Waals surface area contributed by atoms with Gasteiger partial charge in [-0.2, -0.15) is 0 Å². The van der Waals surface area contributed by atoms with Crippen molar-refractivity contribution in [2.45, 2.75) is 44.1 Å². The van der Waals surface area contributed by atoms with Gasteiger partial charge in [0.2, 0.25) is 5.60 Å². The number of carboxylic acids is 1. The topological polar surface area (TPSA) is 46.5 Å². The molecule has 1 unspecified atom stereocenters. The van der Waals surface area contributed by atoms with E-state index in [1.165, 1.54) is 6.42 Å². The highest BCUT2D eigenvalue weighted by molar-refractivity contribution is 5.78. The molecule has 1 saturated carbocycles. The second-order valence-electron chi connectivity index (χ2n) is 5.44. The minimum Gasteiger partial charge on any atom is -0.478 e. The van der Waals surface area contributed by atoms with Crippen LogP contribution in [0.5, 0.6) is 5.75 Å². The van der Waals surface area contributed by atoms with E-state index in [2.05, 4.69) is 6.58 Å². The summed E-state index contributed by atoms with van der Waals surface area (Å²) in [6.45, 7) is 3.72. The smallest absolute Gasteiger partial charge is 0.348 e. The molecule has 3 nitrogen and oxygen atoms in total. The lowest BCUT2D eigenvalue weighted by Gasteiger charge is -2.38. The molecular formula is C17H22O3. The van der Waals surface area contributed by atoms with Crippen LogP contribution in [-0.2, 0) is 4.79 Å². The van der Waals surface area contributed by atoms with Gasteiger partial charge in [0.1, 0.15) is 5.75 Å². The van der Waals surface area contributed by atoms with Crippen molar-refractivity contribution in [2.24, 2.45) is 5.92 Å². The first kappa shape index (κ1) is 14.6. The largest absolute Gasteiger partial charge is 0.478 e. The fraction of sp³-hybridized carbons (Fsp3) is 0.471. The van der Waals surface area contributed by atoms with Gasteiger partial charge >= 0.3 is 5.97 Å². The van der Waals surface area contributed by atoms with Crippen LogP contribution in [0.4, 0.5) is 0 Å². The number of benzene rings is 1. The third kappa shape index (κ3) is 3.03. The molecule has 1 aromatic carbocycles. The van der Waals surface area contributed by atoms with Crippen molar-refractivity contribution in [2.75, 3.05) is 0 Å². The van der Waals surface area contributed by atoms with Crippen LogP contribution in [0.1, 0.15) is 38.5 Å². The monoisotopic (exact) mass is 274 g/mol. The Morgan fingerprint density at radius 1 is 1.30 bits per heavy atom. The molecule has 0 amide bonds. The predicted molar refractivity (Wildman–Crippen MR) is 78.8 cm³/mol. The minimum absolute atomic E-state index is 0.0481. The van der Waals surface area contributed by atoms with Gasteiger partial charge < -0.3 is 9.84 Å². The molecule has 1 aromatic rings. The third-order valence-corrected chi connectivity index (χ3v) is 4.12. The maximum atomic E-state index is 11.9. The summed E-state index contributed by atoms with van der Waals surface area (Å²) in [7, 11) is 0. The molecule has 0 aromatic heterocycles. The lowest BCUT2D eigenvalue weighted by atomic mass is 9.75. The number of para-hydroxylation sites is 1. The molecule has 3 heteroatoms. The van der Waals surface area contributed by atoms with Crippen LogP contribution < -0.4 is 4.74 Å². The summed E-state index contributed by atoms with van der Waals surface area (Å²) in [5.74, 6) is -0.220. The summed E-state index contributed by atoms with van der Waals surface area (Å²) in [5.41, 5.74) is -1.18. The zero-order valence-corrected chi connectivity index (χ0v) is 11.8. The molecular weight excluding hydrogens is 252 g/mol. The van der Waals surface area contributed by atoms with Gasteiger partial charge in [0.15, 0.2) is 0 Å². The Morgan fingerprint density at radius 3 is 2.50 bits per heavy atom. The van der Waals surface area contributed by atoms with E-state index in [9.17, 15) is 9.90 Å². The van der Waals surface area contributed by atoms with E-state index in [4.69, 9.17) is 4.74 Å². The van der Waals surface area contributed by atoms with Crippen molar-refractivity contribution < 1.29 is 14.6 Å². The molecule has 1 N–H and O–H groups in total. The highest BCUT2D eigenvalue weighted by atomic mass is 16.5. The van der Waals surface area contributed by atoms with Crippen LogP contribution in [0.2, 0.25) is 0 Å². The number of carbonyl (C=O) groups is 1. The van der Waals surface area contributed by atoms with E-state index in [0.717, 1.165) is 25.7 Å². The quantitative estimate of drug-likeness (QED) is 0.796. The summed E-state index contributed by atoms with van der Waals surface area (Å²) in [6, 6.07) is 9.23. The van der Waals surface area contributed by atoms with Crippen LogP contribution in [0.15, 0.2) is 43.0 Å².